The van der Waals surface area contributed by atoms with Crippen LogP contribution in [0.15, 0.2) is 66.9 Å². The molecule has 1 aliphatic carbocycles. The molecule has 2 amide bonds. The van der Waals surface area contributed by atoms with Crippen LogP contribution < -0.4 is 10.6 Å². The van der Waals surface area contributed by atoms with Crippen molar-refractivity contribution in [1.29, 1.82) is 0 Å². The predicted octanol–water partition coefficient (Wildman–Crippen LogP) is 6.59. The van der Waals surface area contributed by atoms with E-state index in [0.29, 0.717) is 10.7 Å². The maximum atomic E-state index is 13.2. The summed E-state index contributed by atoms with van der Waals surface area (Å²) in [4.78, 5) is 33.1. The van der Waals surface area contributed by atoms with E-state index in [1.54, 1.807) is 6.20 Å². The van der Waals surface area contributed by atoms with Crippen molar-refractivity contribution in [2.45, 2.75) is 32.7 Å². The fourth-order valence-electron chi connectivity index (χ4n) is 4.41. The summed E-state index contributed by atoms with van der Waals surface area (Å²) in [5.41, 5.74) is 6.71. The van der Waals surface area contributed by atoms with Crippen LogP contribution in [0.1, 0.15) is 47.3 Å². The van der Waals surface area contributed by atoms with Gasteiger partial charge in [0.2, 0.25) is 5.91 Å². The molecule has 36 heavy (non-hydrogen) atoms. The van der Waals surface area contributed by atoms with Crippen molar-refractivity contribution in [3.63, 3.8) is 0 Å². The number of carbonyl (C=O) groups excluding carboxylic acids is 2. The highest BCUT2D eigenvalue weighted by Gasteiger charge is 2.30. The number of hydrogen-bond acceptors (Lipinski definition) is 4. The molecule has 1 saturated carbocycles. The molecule has 5 aromatic rings. The third-order valence-corrected chi connectivity index (χ3v) is 7.68. The Morgan fingerprint density at radius 1 is 1.03 bits per heavy atom. The van der Waals surface area contributed by atoms with Crippen LogP contribution in [-0.4, -0.2) is 21.8 Å². The number of H-pyrrole nitrogens is 1. The van der Waals surface area contributed by atoms with Crippen LogP contribution in [0.2, 0.25) is 0 Å². The average Bonchev–Trinajstić information content (AvgIpc) is 3.52. The number of fused-ring (bicyclic) bond motifs is 2. The topological polar surface area (TPSA) is 86.9 Å². The highest BCUT2D eigenvalue weighted by atomic mass is 32.1. The summed E-state index contributed by atoms with van der Waals surface area (Å²) in [5.74, 6) is 0.0991. The largest absolute Gasteiger partial charge is 0.360 e. The quantitative estimate of drug-likeness (QED) is 0.249. The summed E-state index contributed by atoms with van der Waals surface area (Å²) in [6, 6.07) is 20.3. The van der Waals surface area contributed by atoms with E-state index in [0.717, 1.165) is 50.7 Å². The molecule has 3 aromatic carbocycles. The number of carbonyl (C=O) groups is 2. The van der Waals surface area contributed by atoms with E-state index >= 15 is 0 Å². The average molecular weight is 495 g/mol. The molecule has 1 aliphatic rings. The number of hydrogen-bond donors (Lipinski definition) is 3. The zero-order chi connectivity index (χ0) is 24.8. The van der Waals surface area contributed by atoms with Gasteiger partial charge in [-0.15, -0.1) is 0 Å². The minimum absolute atomic E-state index is 0.0645. The summed E-state index contributed by atoms with van der Waals surface area (Å²) < 4.78 is 1.01. The third-order valence-electron chi connectivity index (χ3n) is 6.75. The molecule has 180 valence electrons. The van der Waals surface area contributed by atoms with Crippen molar-refractivity contribution in [1.82, 2.24) is 15.3 Å². The summed E-state index contributed by atoms with van der Waals surface area (Å²) in [7, 11) is 0. The van der Waals surface area contributed by atoms with Gasteiger partial charge in [0.1, 0.15) is 0 Å². The van der Waals surface area contributed by atoms with E-state index < -0.39 is 0 Å². The van der Waals surface area contributed by atoms with Crippen molar-refractivity contribution < 1.29 is 9.59 Å². The minimum atomic E-state index is -0.111. The Morgan fingerprint density at radius 3 is 2.56 bits per heavy atom. The Morgan fingerprint density at radius 2 is 1.78 bits per heavy atom. The van der Waals surface area contributed by atoms with Crippen molar-refractivity contribution >= 4 is 49.4 Å². The van der Waals surface area contributed by atoms with Gasteiger partial charge in [0.15, 0.2) is 5.13 Å². The first-order valence-electron chi connectivity index (χ1n) is 12.1. The first-order valence-corrected chi connectivity index (χ1v) is 13.0. The molecule has 6 nitrogen and oxygen atoms in total. The van der Waals surface area contributed by atoms with E-state index in [1.807, 2.05) is 43.3 Å². The number of aromatic nitrogens is 2. The van der Waals surface area contributed by atoms with Gasteiger partial charge in [0.25, 0.3) is 5.91 Å². The fourth-order valence-corrected chi connectivity index (χ4v) is 5.32. The summed E-state index contributed by atoms with van der Waals surface area (Å²) in [5, 5.41) is 7.59. The van der Waals surface area contributed by atoms with Crippen molar-refractivity contribution in [2.75, 3.05) is 5.32 Å². The lowest BCUT2D eigenvalue weighted by atomic mass is 10.0. The van der Waals surface area contributed by atoms with Gasteiger partial charge in [-0.1, -0.05) is 53.3 Å². The normalized spacial score (nSPS) is 14.2. The van der Waals surface area contributed by atoms with Crippen LogP contribution >= 0.6 is 11.3 Å². The second-order valence-corrected chi connectivity index (χ2v) is 10.6. The predicted molar refractivity (Wildman–Crippen MR) is 145 cm³/mol. The van der Waals surface area contributed by atoms with E-state index in [1.165, 1.54) is 16.9 Å². The number of benzene rings is 3. The van der Waals surface area contributed by atoms with Gasteiger partial charge in [0.05, 0.1) is 21.8 Å². The second-order valence-electron chi connectivity index (χ2n) is 9.53. The van der Waals surface area contributed by atoms with Crippen LogP contribution in [0, 0.1) is 12.8 Å². The number of nitrogens with one attached hydrogen (secondary N) is 3. The van der Waals surface area contributed by atoms with Gasteiger partial charge in [-0.25, -0.2) is 4.98 Å². The van der Waals surface area contributed by atoms with Crippen molar-refractivity contribution in [2.24, 2.45) is 5.92 Å². The number of aryl methyl sites for hydroxylation is 1. The standard InChI is InChI=1S/C29H26N4O2S/c1-16-3-5-18(6-4-16)17(2)31-28(35)23-15-30-24-11-9-20(13-22(23)24)21-10-12-25-26(14-21)36-29(32-25)33-27(34)19-7-8-19/h3-6,9-15,17,19,30H,7-8H2,1-2H3,(H,31,35)(H,32,33,34)/t17-/m1/s1. The van der Waals surface area contributed by atoms with E-state index in [9.17, 15) is 9.59 Å². The van der Waals surface area contributed by atoms with Gasteiger partial charge < -0.3 is 15.6 Å². The lowest BCUT2D eigenvalue weighted by Crippen LogP contribution is -2.26. The van der Waals surface area contributed by atoms with Gasteiger partial charge in [0, 0.05) is 23.0 Å². The van der Waals surface area contributed by atoms with E-state index in [4.69, 9.17) is 0 Å². The Bertz CT molecular complexity index is 1610. The molecule has 7 heteroatoms. The van der Waals surface area contributed by atoms with Gasteiger partial charge >= 0.3 is 0 Å². The molecule has 1 fully saturated rings. The lowest BCUT2D eigenvalue weighted by molar-refractivity contribution is -0.117. The molecular formula is C29H26N4O2S. The Kier molecular flexibility index (Phi) is 5.57. The number of thiazole rings is 1. The zero-order valence-electron chi connectivity index (χ0n) is 20.1. The molecule has 0 unspecified atom stereocenters. The van der Waals surface area contributed by atoms with Gasteiger partial charge in [-0.05, 0) is 67.6 Å². The molecule has 0 spiro atoms. The molecule has 2 aromatic heterocycles. The summed E-state index contributed by atoms with van der Waals surface area (Å²) in [6.45, 7) is 4.05. The number of anilines is 1. The minimum Gasteiger partial charge on any atom is -0.360 e. The number of aromatic amines is 1. The molecule has 6 rings (SSSR count). The van der Waals surface area contributed by atoms with Gasteiger partial charge in [-0.2, -0.15) is 0 Å². The Balaban J connectivity index is 1.26. The Labute approximate surface area is 212 Å². The SMILES string of the molecule is Cc1ccc([C@@H](C)NC(=O)c2c[nH]c3ccc(-c4ccc5nc(NC(=O)C6CC6)sc5c4)cc23)cc1. The van der Waals surface area contributed by atoms with E-state index in [-0.39, 0.29) is 23.8 Å². The molecule has 2 heterocycles. The van der Waals surface area contributed by atoms with Crippen molar-refractivity contribution in [3.05, 3.63) is 83.6 Å². The number of rotatable bonds is 6. The molecule has 0 saturated heterocycles. The van der Waals surface area contributed by atoms with Gasteiger partial charge in [-0.3, -0.25) is 9.59 Å². The maximum absolute atomic E-state index is 13.2. The molecule has 0 bridgehead atoms. The zero-order valence-corrected chi connectivity index (χ0v) is 20.9. The lowest BCUT2D eigenvalue weighted by Gasteiger charge is -2.14. The Hall–Kier alpha value is -3.97. The van der Waals surface area contributed by atoms with Crippen LogP contribution in [0.4, 0.5) is 5.13 Å². The highest BCUT2D eigenvalue weighted by molar-refractivity contribution is 7.22. The van der Waals surface area contributed by atoms with E-state index in [2.05, 4.69) is 51.8 Å². The third kappa shape index (κ3) is 4.38. The monoisotopic (exact) mass is 494 g/mol. The maximum Gasteiger partial charge on any atom is 0.253 e. The molecular weight excluding hydrogens is 468 g/mol. The first kappa shape index (κ1) is 22.5. The highest BCUT2D eigenvalue weighted by Crippen LogP contribution is 2.34. The van der Waals surface area contributed by atoms with Crippen LogP contribution in [0.5, 0.6) is 0 Å². The molecule has 0 aliphatic heterocycles. The fraction of sp³-hybridized carbons (Fsp3) is 0.207. The number of amides is 2. The van der Waals surface area contributed by atoms with Crippen LogP contribution in [0.25, 0.3) is 32.2 Å². The smallest absolute Gasteiger partial charge is 0.253 e. The number of nitrogens with zero attached hydrogens (tertiary/aromatic N) is 1. The van der Waals surface area contributed by atoms with Crippen LogP contribution in [-0.2, 0) is 4.79 Å². The molecule has 3 N–H and O–H groups in total. The summed E-state index contributed by atoms with van der Waals surface area (Å²) in [6.07, 6.45) is 3.70. The first-order chi connectivity index (χ1) is 17.4. The second kappa shape index (κ2) is 8.91. The molecule has 1 atom stereocenters. The van der Waals surface area contributed by atoms with Crippen molar-refractivity contribution in [3.8, 4) is 11.1 Å². The van der Waals surface area contributed by atoms with Crippen LogP contribution in [0.3, 0.4) is 0 Å². The summed E-state index contributed by atoms with van der Waals surface area (Å²) >= 11 is 1.49. The molecule has 0 radical (unpaired) electrons.